The Bertz CT molecular complexity index is 1000. The number of hydrogen-bond acceptors (Lipinski definition) is 5. The number of carbonyl (C=O) groups is 1. The van der Waals surface area contributed by atoms with Crippen molar-refractivity contribution in [3.05, 3.63) is 66.7 Å². The minimum Gasteiger partial charge on any atom is -0.372 e. The molecule has 0 bridgehead atoms. The number of hydrogen-bond donors (Lipinski definition) is 1. The summed E-state index contributed by atoms with van der Waals surface area (Å²) < 4.78 is 0. The van der Waals surface area contributed by atoms with Gasteiger partial charge < -0.3 is 15.1 Å². The van der Waals surface area contributed by atoms with Gasteiger partial charge in [-0.15, -0.1) is 10.2 Å². The van der Waals surface area contributed by atoms with Gasteiger partial charge in [0.25, 0.3) is 0 Å². The molecular formula is C26H31N5O. The lowest BCUT2D eigenvalue weighted by atomic mass is 9.97. The van der Waals surface area contributed by atoms with Crippen LogP contribution in [0.15, 0.2) is 66.7 Å². The van der Waals surface area contributed by atoms with Crippen LogP contribution in [0.5, 0.6) is 0 Å². The fourth-order valence-electron chi connectivity index (χ4n) is 4.24. The molecule has 1 unspecified atom stereocenters. The standard InChI is InChI=1S/C26H31N5O/c1-3-30(4-2)23-14-12-22(13-15-23)27-26(32)21-11-8-18-31(19-21)25-17-16-24(28-29-25)20-9-6-5-7-10-20/h5-7,9-10,12-17,21H,3-4,8,11,18-19H2,1-2H3,(H,27,32). The van der Waals surface area contributed by atoms with Crippen LogP contribution in [0.3, 0.4) is 0 Å². The number of amides is 1. The summed E-state index contributed by atoms with van der Waals surface area (Å²) in [4.78, 5) is 17.4. The van der Waals surface area contributed by atoms with Crippen molar-refractivity contribution in [1.82, 2.24) is 10.2 Å². The second-order valence-electron chi connectivity index (χ2n) is 8.14. The van der Waals surface area contributed by atoms with E-state index in [2.05, 4.69) is 51.3 Å². The highest BCUT2D eigenvalue weighted by Gasteiger charge is 2.27. The number of rotatable bonds is 7. The Balaban J connectivity index is 1.37. The van der Waals surface area contributed by atoms with Gasteiger partial charge in [0.1, 0.15) is 0 Å². The van der Waals surface area contributed by atoms with Crippen LogP contribution in [0.1, 0.15) is 26.7 Å². The van der Waals surface area contributed by atoms with E-state index in [1.54, 1.807) is 0 Å². The van der Waals surface area contributed by atoms with E-state index in [9.17, 15) is 4.79 Å². The van der Waals surface area contributed by atoms with Gasteiger partial charge in [-0.25, -0.2) is 0 Å². The van der Waals surface area contributed by atoms with Gasteiger partial charge in [-0.2, -0.15) is 0 Å². The van der Waals surface area contributed by atoms with E-state index in [0.29, 0.717) is 6.54 Å². The van der Waals surface area contributed by atoms with Crippen molar-refractivity contribution in [2.75, 3.05) is 41.3 Å². The molecule has 0 radical (unpaired) electrons. The first-order valence-electron chi connectivity index (χ1n) is 11.5. The summed E-state index contributed by atoms with van der Waals surface area (Å²) in [5.41, 5.74) is 3.92. The number of nitrogens with one attached hydrogen (secondary N) is 1. The molecule has 1 aliphatic heterocycles. The molecule has 1 atom stereocenters. The van der Waals surface area contributed by atoms with E-state index >= 15 is 0 Å². The van der Waals surface area contributed by atoms with Crippen LogP contribution in [0.2, 0.25) is 0 Å². The van der Waals surface area contributed by atoms with Gasteiger partial charge in [0.15, 0.2) is 5.82 Å². The minimum absolute atomic E-state index is 0.0678. The Labute approximate surface area is 190 Å². The fourth-order valence-corrected chi connectivity index (χ4v) is 4.24. The Morgan fingerprint density at radius 1 is 1.00 bits per heavy atom. The van der Waals surface area contributed by atoms with E-state index in [0.717, 1.165) is 55.2 Å². The molecule has 32 heavy (non-hydrogen) atoms. The van der Waals surface area contributed by atoms with E-state index in [4.69, 9.17) is 0 Å². The van der Waals surface area contributed by atoms with Gasteiger partial charge in [0.2, 0.25) is 5.91 Å². The molecule has 166 valence electrons. The third-order valence-corrected chi connectivity index (χ3v) is 6.10. The third kappa shape index (κ3) is 5.07. The lowest BCUT2D eigenvalue weighted by Gasteiger charge is -2.32. The highest BCUT2D eigenvalue weighted by Crippen LogP contribution is 2.25. The van der Waals surface area contributed by atoms with Crippen LogP contribution < -0.4 is 15.1 Å². The average molecular weight is 430 g/mol. The number of benzene rings is 2. The Hall–Kier alpha value is -3.41. The fraction of sp³-hybridized carbons (Fsp3) is 0.346. The average Bonchev–Trinajstić information content (AvgIpc) is 2.86. The lowest BCUT2D eigenvalue weighted by Crippen LogP contribution is -2.41. The Morgan fingerprint density at radius 2 is 1.75 bits per heavy atom. The molecular weight excluding hydrogens is 398 g/mol. The lowest BCUT2D eigenvalue weighted by molar-refractivity contribution is -0.120. The van der Waals surface area contributed by atoms with Crippen molar-refractivity contribution < 1.29 is 4.79 Å². The van der Waals surface area contributed by atoms with Crippen LogP contribution in [0.4, 0.5) is 17.2 Å². The number of aromatic nitrogens is 2. The number of anilines is 3. The molecule has 3 aromatic rings. The molecule has 1 aliphatic rings. The van der Waals surface area contributed by atoms with E-state index < -0.39 is 0 Å². The molecule has 2 heterocycles. The Kier molecular flexibility index (Phi) is 7.00. The van der Waals surface area contributed by atoms with Crippen molar-refractivity contribution in [3.63, 3.8) is 0 Å². The molecule has 2 aromatic carbocycles. The maximum Gasteiger partial charge on any atom is 0.229 e. The number of piperidine rings is 1. The van der Waals surface area contributed by atoms with Crippen molar-refractivity contribution >= 4 is 23.1 Å². The maximum absolute atomic E-state index is 12.9. The zero-order chi connectivity index (χ0) is 22.3. The van der Waals surface area contributed by atoms with E-state index in [1.165, 1.54) is 5.69 Å². The van der Waals surface area contributed by atoms with E-state index in [1.807, 2.05) is 54.6 Å². The quantitative estimate of drug-likeness (QED) is 0.582. The van der Waals surface area contributed by atoms with Crippen molar-refractivity contribution in [2.45, 2.75) is 26.7 Å². The van der Waals surface area contributed by atoms with Gasteiger partial charge >= 0.3 is 0 Å². The monoisotopic (exact) mass is 429 g/mol. The predicted octanol–water partition coefficient (Wildman–Crippen LogP) is 4.84. The van der Waals surface area contributed by atoms with Gasteiger partial charge in [-0.1, -0.05) is 30.3 Å². The van der Waals surface area contributed by atoms with Crippen molar-refractivity contribution in [3.8, 4) is 11.3 Å². The zero-order valence-electron chi connectivity index (χ0n) is 18.9. The topological polar surface area (TPSA) is 61.4 Å². The summed E-state index contributed by atoms with van der Waals surface area (Å²) in [6.45, 7) is 7.77. The van der Waals surface area contributed by atoms with Gasteiger partial charge in [-0.05, 0) is 63.1 Å². The Morgan fingerprint density at radius 3 is 2.41 bits per heavy atom. The second-order valence-corrected chi connectivity index (χ2v) is 8.14. The molecule has 1 saturated heterocycles. The molecule has 1 amide bonds. The summed E-state index contributed by atoms with van der Waals surface area (Å²) in [6.07, 6.45) is 1.84. The molecule has 4 rings (SSSR count). The molecule has 1 N–H and O–H groups in total. The number of nitrogens with zero attached hydrogens (tertiary/aromatic N) is 4. The number of carbonyl (C=O) groups excluding carboxylic acids is 1. The summed E-state index contributed by atoms with van der Waals surface area (Å²) in [5.74, 6) is 0.826. The van der Waals surface area contributed by atoms with Crippen LogP contribution in [-0.2, 0) is 4.79 Å². The van der Waals surface area contributed by atoms with Crippen molar-refractivity contribution in [1.29, 1.82) is 0 Å². The predicted molar refractivity (Wildman–Crippen MR) is 131 cm³/mol. The molecule has 6 nitrogen and oxygen atoms in total. The van der Waals surface area contributed by atoms with Crippen LogP contribution in [0, 0.1) is 5.92 Å². The molecule has 0 spiro atoms. The summed E-state index contributed by atoms with van der Waals surface area (Å²) in [5, 5.41) is 11.9. The molecule has 1 fully saturated rings. The smallest absolute Gasteiger partial charge is 0.229 e. The largest absolute Gasteiger partial charge is 0.372 e. The first kappa shape index (κ1) is 21.8. The first-order valence-corrected chi connectivity index (χ1v) is 11.5. The third-order valence-electron chi connectivity index (χ3n) is 6.10. The molecule has 1 aromatic heterocycles. The van der Waals surface area contributed by atoms with Gasteiger partial charge in [-0.3, -0.25) is 4.79 Å². The van der Waals surface area contributed by atoms with Gasteiger partial charge in [0.05, 0.1) is 11.6 Å². The minimum atomic E-state index is -0.0678. The maximum atomic E-state index is 12.9. The van der Waals surface area contributed by atoms with E-state index in [-0.39, 0.29) is 11.8 Å². The molecule has 0 aliphatic carbocycles. The van der Waals surface area contributed by atoms with Crippen LogP contribution >= 0.6 is 0 Å². The molecule has 0 saturated carbocycles. The zero-order valence-corrected chi connectivity index (χ0v) is 18.9. The summed E-state index contributed by atoms with van der Waals surface area (Å²) in [7, 11) is 0. The van der Waals surface area contributed by atoms with Crippen molar-refractivity contribution in [2.24, 2.45) is 5.92 Å². The second kappa shape index (κ2) is 10.3. The normalized spacial score (nSPS) is 15.9. The highest BCUT2D eigenvalue weighted by molar-refractivity contribution is 5.93. The van der Waals surface area contributed by atoms with Crippen LogP contribution in [-0.4, -0.2) is 42.3 Å². The summed E-state index contributed by atoms with van der Waals surface area (Å²) in [6, 6.07) is 22.1. The first-order chi connectivity index (χ1) is 15.7. The highest BCUT2D eigenvalue weighted by atomic mass is 16.1. The SMILES string of the molecule is CCN(CC)c1ccc(NC(=O)C2CCCN(c3ccc(-c4ccccc4)nn3)C2)cc1. The van der Waals surface area contributed by atoms with Crippen LogP contribution in [0.25, 0.3) is 11.3 Å². The molecule has 6 heteroatoms. The summed E-state index contributed by atoms with van der Waals surface area (Å²) >= 11 is 0. The van der Waals surface area contributed by atoms with Gasteiger partial charge in [0, 0.05) is 43.1 Å².